The van der Waals surface area contributed by atoms with Crippen molar-refractivity contribution in [2.75, 3.05) is 11.4 Å². The van der Waals surface area contributed by atoms with Gasteiger partial charge in [0.25, 0.3) is 5.69 Å². The summed E-state index contributed by atoms with van der Waals surface area (Å²) in [4.78, 5) is 23.7. The molecule has 1 heterocycles. The van der Waals surface area contributed by atoms with Crippen LogP contribution in [0.1, 0.15) is 24.8 Å². The highest BCUT2D eigenvalue weighted by atomic mass is 16.6. The Kier molecular flexibility index (Phi) is 3.60. The molecule has 0 saturated carbocycles. The molecule has 18 heavy (non-hydrogen) atoms. The van der Waals surface area contributed by atoms with Crippen LogP contribution in [0, 0.1) is 17.0 Å². The Balaban J connectivity index is 2.48. The maximum absolute atomic E-state index is 11.1. The summed E-state index contributed by atoms with van der Waals surface area (Å²) >= 11 is 0. The number of nitro benzene ring substituents is 1. The van der Waals surface area contributed by atoms with Crippen LogP contribution in [0.3, 0.4) is 0 Å². The summed E-state index contributed by atoms with van der Waals surface area (Å²) in [7, 11) is 0. The molecule has 1 aliphatic heterocycles. The first kappa shape index (κ1) is 12.5. The standard InChI is InChI=1S/C13H16N2O3/c1-10-5-4-7-12(15(17)18)13(10)14-8-3-2-6-11(14)9-16/h4-5,7,9,11H,2-3,6,8H2,1H3. The topological polar surface area (TPSA) is 63.5 Å². The molecule has 5 nitrogen and oxygen atoms in total. The van der Waals surface area contributed by atoms with Crippen LogP contribution in [0.5, 0.6) is 0 Å². The number of carbonyl (C=O) groups is 1. The molecule has 0 aliphatic carbocycles. The van der Waals surface area contributed by atoms with Crippen molar-refractivity contribution in [2.24, 2.45) is 0 Å². The van der Waals surface area contributed by atoms with E-state index >= 15 is 0 Å². The van der Waals surface area contributed by atoms with E-state index < -0.39 is 0 Å². The number of piperidine rings is 1. The molecule has 1 atom stereocenters. The second-order valence-corrected chi connectivity index (χ2v) is 4.59. The number of anilines is 1. The van der Waals surface area contributed by atoms with Crippen molar-refractivity contribution in [3.8, 4) is 0 Å². The summed E-state index contributed by atoms with van der Waals surface area (Å²) in [6.45, 7) is 2.55. The molecule has 0 bridgehead atoms. The van der Waals surface area contributed by atoms with E-state index in [9.17, 15) is 14.9 Å². The summed E-state index contributed by atoms with van der Waals surface area (Å²) in [6, 6.07) is 4.78. The summed E-state index contributed by atoms with van der Waals surface area (Å²) < 4.78 is 0. The Morgan fingerprint density at radius 3 is 2.89 bits per heavy atom. The van der Waals surface area contributed by atoms with Gasteiger partial charge in [-0.15, -0.1) is 0 Å². The largest absolute Gasteiger partial charge is 0.356 e. The number of rotatable bonds is 3. The van der Waals surface area contributed by atoms with E-state index in [0.717, 1.165) is 31.1 Å². The predicted octanol–water partition coefficient (Wildman–Crippen LogP) is 2.46. The molecule has 0 N–H and O–H groups in total. The van der Waals surface area contributed by atoms with Crippen LogP contribution >= 0.6 is 0 Å². The van der Waals surface area contributed by atoms with Crippen molar-refractivity contribution in [3.05, 3.63) is 33.9 Å². The molecular formula is C13H16N2O3. The summed E-state index contributed by atoms with van der Waals surface area (Å²) in [5.41, 5.74) is 1.53. The Morgan fingerprint density at radius 1 is 1.44 bits per heavy atom. The Hall–Kier alpha value is -1.91. The van der Waals surface area contributed by atoms with Gasteiger partial charge in [0.1, 0.15) is 12.0 Å². The Labute approximate surface area is 106 Å². The van der Waals surface area contributed by atoms with Crippen LogP contribution in [0.25, 0.3) is 0 Å². The Bertz CT molecular complexity index is 473. The second-order valence-electron chi connectivity index (χ2n) is 4.59. The van der Waals surface area contributed by atoms with Crippen molar-refractivity contribution < 1.29 is 9.72 Å². The molecule has 0 aromatic heterocycles. The van der Waals surface area contributed by atoms with Gasteiger partial charge < -0.3 is 9.69 Å². The number of aryl methyl sites for hydroxylation is 1. The monoisotopic (exact) mass is 248 g/mol. The number of benzene rings is 1. The van der Waals surface area contributed by atoms with Crippen molar-refractivity contribution in [1.29, 1.82) is 0 Å². The zero-order chi connectivity index (χ0) is 13.1. The van der Waals surface area contributed by atoms with Gasteiger partial charge in [0.2, 0.25) is 0 Å². The lowest BCUT2D eigenvalue weighted by atomic mass is 10.0. The number of hydrogen-bond donors (Lipinski definition) is 0. The molecular weight excluding hydrogens is 232 g/mol. The molecule has 5 heteroatoms. The second kappa shape index (κ2) is 5.16. The minimum absolute atomic E-state index is 0.0868. The van der Waals surface area contributed by atoms with Gasteiger partial charge in [0, 0.05) is 12.6 Å². The average molecular weight is 248 g/mol. The molecule has 0 amide bonds. The van der Waals surface area contributed by atoms with Gasteiger partial charge >= 0.3 is 0 Å². The highest BCUT2D eigenvalue weighted by Crippen LogP contribution is 2.35. The van der Waals surface area contributed by atoms with E-state index in [4.69, 9.17) is 0 Å². The number of nitrogens with zero attached hydrogens (tertiary/aromatic N) is 2. The SMILES string of the molecule is Cc1cccc([N+](=O)[O-])c1N1CCCCC1C=O. The van der Waals surface area contributed by atoms with E-state index in [-0.39, 0.29) is 16.7 Å². The van der Waals surface area contributed by atoms with Gasteiger partial charge in [-0.1, -0.05) is 12.1 Å². The maximum Gasteiger partial charge on any atom is 0.292 e. The molecule has 2 rings (SSSR count). The van der Waals surface area contributed by atoms with Gasteiger partial charge in [-0.05, 0) is 31.7 Å². The number of aldehydes is 1. The zero-order valence-electron chi connectivity index (χ0n) is 10.3. The third kappa shape index (κ3) is 2.20. The summed E-state index contributed by atoms with van der Waals surface area (Å²) in [5, 5.41) is 11.1. The first-order valence-corrected chi connectivity index (χ1v) is 6.11. The highest BCUT2D eigenvalue weighted by molar-refractivity contribution is 5.74. The van der Waals surface area contributed by atoms with E-state index in [1.807, 2.05) is 17.9 Å². The Morgan fingerprint density at radius 2 is 2.22 bits per heavy atom. The van der Waals surface area contributed by atoms with E-state index in [2.05, 4.69) is 0 Å². The van der Waals surface area contributed by atoms with Crippen molar-refractivity contribution >= 4 is 17.7 Å². The zero-order valence-corrected chi connectivity index (χ0v) is 10.3. The fourth-order valence-corrected chi connectivity index (χ4v) is 2.54. The molecule has 0 radical (unpaired) electrons. The molecule has 1 aliphatic rings. The average Bonchev–Trinajstić information content (AvgIpc) is 2.38. The molecule has 1 aromatic rings. The number of carbonyl (C=O) groups excluding carboxylic acids is 1. The predicted molar refractivity (Wildman–Crippen MR) is 68.9 cm³/mol. The number of nitro groups is 1. The van der Waals surface area contributed by atoms with Crippen molar-refractivity contribution in [1.82, 2.24) is 0 Å². The van der Waals surface area contributed by atoms with Crippen LogP contribution in [-0.2, 0) is 4.79 Å². The molecule has 96 valence electrons. The van der Waals surface area contributed by atoms with Gasteiger partial charge in [0.15, 0.2) is 0 Å². The molecule has 1 fully saturated rings. The fourth-order valence-electron chi connectivity index (χ4n) is 2.54. The molecule has 1 aromatic carbocycles. The van der Waals surface area contributed by atoms with Crippen LogP contribution in [-0.4, -0.2) is 23.8 Å². The van der Waals surface area contributed by atoms with Crippen LogP contribution < -0.4 is 4.90 Å². The van der Waals surface area contributed by atoms with Crippen molar-refractivity contribution in [2.45, 2.75) is 32.2 Å². The van der Waals surface area contributed by atoms with E-state index in [1.165, 1.54) is 6.07 Å². The van der Waals surface area contributed by atoms with Crippen LogP contribution in [0.2, 0.25) is 0 Å². The fraction of sp³-hybridized carbons (Fsp3) is 0.462. The first-order valence-electron chi connectivity index (χ1n) is 6.11. The smallest absolute Gasteiger partial charge is 0.292 e. The quantitative estimate of drug-likeness (QED) is 0.468. The normalized spacial score (nSPS) is 19.6. The lowest BCUT2D eigenvalue weighted by Gasteiger charge is -2.34. The molecule has 1 unspecified atom stereocenters. The third-order valence-corrected chi connectivity index (χ3v) is 3.41. The van der Waals surface area contributed by atoms with Crippen LogP contribution in [0.15, 0.2) is 18.2 Å². The molecule has 0 spiro atoms. The van der Waals surface area contributed by atoms with Gasteiger partial charge in [-0.25, -0.2) is 0 Å². The van der Waals surface area contributed by atoms with E-state index in [0.29, 0.717) is 12.2 Å². The summed E-state index contributed by atoms with van der Waals surface area (Å²) in [6.07, 6.45) is 3.64. The van der Waals surface area contributed by atoms with E-state index in [1.54, 1.807) is 6.07 Å². The number of para-hydroxylation sites is 1. The third-order valence-electron chi connectivity index (χ3n) is 3.41. The minimum atomic E-state index is -0.376. The summed E-state index contributed by atoms with van der Waals surface area (Å²) in [5.74, 6) is 0. The lowest BCUT2D eigenvalue weighted by Crippen LogP contribution is -2.41. The van der Waals surface area contributed by atoms with Crippen LogP contribution in [0.4, 0.5) is 11.4 Å². The van der Waals surface area contributed by atoms with Crippen molar-refractivity contribution in [3.63, 3.8) is 0 Å². The van der Waals surface area contributed by atoms with Gasteiger partial charge in [-0.2, -0.15) is 0 Å². The highest BCUT2D eigenvalue weighted by Gasteiger charge is 2.28. The minimum Gasteiger partial charge on any atom is -0.356 e. The molecule has 1 saturated heterocycles. The number of hydrogen-bond acceptors (Lipinski definition) is 4. The van der Waals surface area contributed by atoms with Gasteiger partial charge in [0.05, 0.1) is 11.0 Å². The first-order chi connectivity index (χ1) is 8.65. The van der Waals surface area contributed by atoms with Gasteiger partial charge in [-0.3, -0.25) is 10.1 Å². The lowest BCUT2D eigenvalue weighted by molar-refractivity contribution is -0.384. The maximum atomic E-state index is 11.1.